The summed E-state index contributed by atoms with van der Waals surface area (Å²) in [5.41, 5.74) is 2.94. The zero-order valence-corrected chi connectivity index (χ0v) is 21.3. The van der Waals surface area contributed by atoms with E-state index in [0.29, 0.717) is 10.7 Å². The van der Waals surface area contributed by atoms with Crippen LogP contribution < -0.4 is 14.4 Å². The maximum absolute atomic E-state index is 13.5. The van der Waals surface area contributed by atoms with Gasteiger partial charge in [0.05, 0.1) is 16.7 Å². The highest BCUT2D eigenvalue weighted by Gasteiger charge is 2.27. The molecular weight excluding hydrogens is 472 g/mol. The minimum absolute atomic E-state index is 0.0716. The molecule has 0 aromatic heterocycles. The van der Waals surface area contributed by atoms with Crippen molar-refractivity contribution in [2.45, 2.75) is 45.2 Å². The van der Waals surface area contributed by atoms with E-state index in [2.05, 4.69) is 5.32 Å². The average molecular weight is 501 g/mol. The van der Waals surface area contributed by atoms with Gasteiger partial charge in [-0.2, -0.15) is 0 Å². The van der Waals surface area contributed by atoms with Crippen molar-refractivity contribution in [3.05, 3.63) is 88.4 Å². The maximum atomic E-state index is 13.5. The number of amides is 1. The zero-order chi connectivity index (χ0) is 24.9. The number of benzene rings is 3. The first-order chi connectivity index (χ1) is 16.1. The van der Waals surface area contributed by atoms with E-state index in [0.717, 1.165) is 26.7 Å². The van der Waals surface area contributed by atoms with E-state index in [-0.39, 0.29) is 24.1 Å². The highest BCUT2D eigenvalue weighted by molar-refractivity contribution is 7.92. The van der Waals surface area contributed by atoms with Gasteiger partial charge in [-0.1, -0.05) is 47.5 Å². The van der Waals surface area contributed by atoms with Crippen molar-refractivity contribution in [2.75, 3.05) is 10.8 Å². The van der Waals surface area contributed by atoms with Crippen molar-refractivity contribution < 1.29 is 17.9 Å². The monoisotopic (exact) mass is 500 g/mol. The van der Waals surface area contributed by atoms with Crippen LogP contribution in [0.1, 0.15) is 30.5 Å². The van der Waals surface area contributed by atoms with Crippen LogP contribution in [-0.4, -0.2) is 27.0 Å². The molecule has 1 N–H and O–H groups in total. The zero-order valence-electron chi connectivity index (χ0n) is 19.7. The standard InChI is InChI=1S/C26H29ClN2O4S/c1-18(2)33-23-11-8-21(9-12-23)16-28-26(30)17-29(22-10-7-20(4)25(27)15-22)34(31,32)24-13-5-19(3)6-14-24/h5-15,18H,16-17H2,1-4H3,(H,28,30). The van der Waals surface area contributed by atoms with E-state index in [4.69, 9.17) is 16.3 Å². The number of carbonyl (C=O) groups excluding carboxylic acids is 1. The van der Waals surface area contributed by atoms with E-state index >= 15 is 0 Å². The Morgan fingerprint density at radius 3 is 2.24 bits per heavy atom. The summed E-state index contributed by atoms with van der Waals surface area (Å²) in [6, 6.07) is 18.8. The Bertz CT molecular complexity index is 1240. The lowest BCUT2D eigenvalue weighted by Gasteiger charge is -2.24. The third-order valence-corrected chi connectivity index (χ3v) is 7.32. The number of sulfonamides is 1. The van der Waals surface area contributed by atoms with Crippen molar-refractivity contribution in [2.24, 2.45) is 0 Å². The van der Waals surface area contributed by atoms with Gasteiger partial charge in [0.15, 0.2) is 0 Å². The summed E-state index contributed by atoms with van der Waals surface area (Å²) in [5, 5.41) is 3.22. The van der Waals surface area contributed by atoms with Crippen molar-refractivity contribution in [3.8, 4) is 5.75 Å². The summed E-state index contributed by atoms with van der Waals surface area (Å²) < 4.78 is 33.6. The van der Waals surface area contributed by atoms with Gasteiger partial charge in [0, 0.05) is 11.6 Å². The first kappa shape index (κ1) is 25.6. The molecule has 8 heteroatoms. The Balaban J connectivity index is 1.80. The third kappa shape index (κ3) is 6.52. The number of nitrogens with zero attached hydrogens (tertiary/aromatic N) is 1. The van der Waals surface area contributed by atoms with Crippen molar-refractivity contribution in [1.29, 1.82) is 0 Å². The lowest BCUT2D eigenvalue weighted by atomic mass is 10.2. The van der Waals surface area contributed by atoms with Crippen LogP contribution >= 0.6 is 11.6 Å². The molecule has 1 amide bonds. The molecule has 34 heavy (non-hydrogen) atoms. The van der Waals surface area contributed by atoms with Gasteiger partial charge in [0.25, 0.3) is 10.0 Å². The molecule has 6 nitrogen and oxygen atoms in total. The molecule has 0 aliphatic rings. The van der Waals surface area contributed by atoms with Crippen LogP contribution in [0.3, 0.4) is 0 Å². The summed E-state index contributed by atoms with van der Waals surface area (Å²) >= 11 is 6.26. The van der Waals surface area contributed by atoms with E-state index in [1.54, 1.807) is 30.3 Å². The summed E-state index contributed by atoms with van der Waals surface area (Å²) in [5.74, 6) is 0.312. The number of hydrogen-bond acceptors (Lipinski definition) is 4. The predicted molar refractivity (Wildman–Crippen MR) is 136 cm³/mol. The lowest BCUT2D eigenvalue weighted by molar-refractivity contribution is -0.119. The van der Waals surface area contributed by atoms with Crippen LogP contribution in [0.15, 0.2) is 71.6 Å². The summed E-state index contributed by atoms with van der Waals surface area (Å²) in [6.07, 6.45) is 0.0716. The minimum Gasteiger partial charge on any atom is -0.491 e. The molecule has 0 aliphatic carbocycles. The number of ether oxygens (including phenoxy) is 1. The first-order valence-corrected chi connectivity index (χ1v) is 12.8. The van der Waals surface area contributed by atoms with Gasteiger partial charge in [0.2, 0.25) is 5.91 Å². The Morgan fingerprint density at radius 2 is 1.65 bits per heavy atom. The molecule has 0 unspecified atom stereocenters. The van der Waals surface area contributed by atoms with E-state index in [9.17, 15) is 13.2 Å². The summed E-state index contributed by atoms with van der Waals surface area (Å²) in [6.45, 7) is 7.48. The normalized spacial score (nSPS) is 11.4. The van der Waals surface area contributed by atoms with Gasteiger partial charge in [-0.25, -0.2) is 8.42 Å². The maximum Gasteiger partial charge on any atom is 0.264 e. The van der Waals surface area contributed by atoms with Gasteiger partial charge in [-0.15, -0.1) is 0 Å². The Morgan fingerprint density at radius 1 is 1.00 bits per heavy atom. The topological polar surface area (TPSA) is 75.7 Å². The number of nitrogens with one attached hydrogen (secondary N) is 1. The molecule has 0 atom stereocenters. The van der Waals surface area contributed by atoms with Crippen LogP contribution in [0, 0.1) is 13.8 Å². The van der Waals surface area contributed by atoms with Gasteiger partial charge >= 0.3 is 0 Å². The van der Waals surface area contributed by atoms with Gasteiger partial charge in [-0.05, 0) is 75.2 Å². The summed E-state index contributed by atoms with van der Waals surface area (Å²) in [7, 11) is -4.00. The second-order valence-corrected chi connectivity index (χ2v) is 10.6. The fourth-order valence-corrected chi connectivity index (χ4v) is 4.82. The Hall–Kier alpha value is -3.03. The van der Waals surface area contributed by atoms with Crippen molar-refractivity contribution >= 4 is 33.2 Å². The average Bonchev–Trinajstić information content (AvgIpc) is 2.79. The fraction of sp³-hybridized carbons (Fsp3) is 0.269. The minimum atomic E-state index is -4.00. The second-order valence-electron chi connectivity index (χ2n) is 8.35. The van der Waals surface area contributed by atoms with Gasteiger partial charge in [0.1, 0.15) is 12.3 Å². The second kappa shape index (κ2) is 10.9. The largest absolute Gasteiger partial charge is 0.491 e. The number of hydrogen-bond donors (Lipinski definition) is 1. The molecule has 0 radical (unpaired) electrons. The Labute approximate surface area is 206 Å². The van der Waals surface area contributed by atoms with Crippen LogP contribution in [-0.2, 0) is 21.4 Å². The van der Waals surface area contributed by atoms with Crippen LogP contribution in [0.2, 0.25) is 5.02 Å². The van der Waals surface area contributed by atoms with Crippen LogP contribution in [0.5, 0.6) is 5.75 Å². The van der Waals surface area contributed by atoms with Gasteiger partial charge in [-0.3, -0.25) is 9.10 Å². The first-order valence-electron chi connectivity index (χ1n) is 10.9. The molecule has 3 aromatic carbocycles. The molecule has 180 valence electrons. The molecule has 0 saturated heterocycles. The molecule has 0 heterocycles. The van der Waals surface area contributed by atoms with Gasteiger partial charge < -0.3 is 10.1 Å². The highest BCUT2D eigenvalue weighted by Crippen LogP contribution is 2.28. The number of rotatable bonds is 9. The number of anilines is 1. The van der Waals surface area contributed by atoms with Crippen molar-refractivity contribution in [3.63, 3.8) is 0 Å². The molecule has 0 fully saturated rings. The molecule has 0 saturated carbocycles. The summed E-state index contributed by atoms with van der Waals surface area (Å²) in [4.78, 5) is 12.9. The number of carbonyl (C=O) groups is 1. The molecule has 3 aromatic rings. The van der Waals surface area contributed by atoms with E-state index in [1.807, 2.05) is 52.0 Å². The fourth-order valence-electron chi connectivity index (χ4n) is 3.23. The third-order valence-electron chi connectivity index (χ3n) is 5.12. The quantitative estimate of drug-likeness (QED) is 0.435. The Kier molecular flexibility index (Phi) is 8.23. The van der Waals surface area contributed by atoms with Crippen LogP contribution in [0.25, 0.3) is 0 Å². The van der Waals surface area contributed by atoms with Crippen molar-refractivity contribution in [1.82, 2.24) is 5.32 Å². The molecule has 0 spiro atoms. The van der Waals surface area contributed by atoms with Crippen LogP contribution in [0.4, 0.5) is 5.69 Å². The molecular formula is C26H29ClN2O4S. The highest BCUT2D eigenvalue weighted by atomic mass is 35.5. The smallest absolute Gasteiger partial charge is 0.264 e. The predicted octanol–water partition coefficient (Wildman–Crippen LogP) is 5.26. The lowest BCUT2D eigenvalue weighted by Crippen LogP contribution is -2.40. The molecule has 0 bridgehead atoms. The van der Waals surface area contributed by atoms with E-state index < -0.39 is 15.9 Å². The SMILES string of the molecule is Cc1ccc(S(=O)(=O)N(CC(=O)NCc2ccc(OC(C)C)cc2)c2ccc(C)c(Cl)c2)cc1. The molecule has 3 rings (SSSR count). The number of aryl methyl sites for hydroxylation is 2. The van der Waals surface area contributed by atoms with E-state index in [1.165, 1.54) is 12.1 Å². The molecule has 0 aliphatic heterocycles. The number of halogens is 1.